The Morgan fingerprint density at radius 1 is 1.28 bits per heavy atom. The number of aliphatic hydroxyl groups is 1. The Morgan fingerprint density at radius 2 is 2.06 bits per heavy atom. The minimum absolute atomic E-state index is 0.389. The van der Waals surface area contributed by atoms with E-state index in [-0.39, 0.29) is 5.60 Å². The molecule has 0 bridgehead atoms. The van der Waals surface area contributed by atoms with Gasteiger partial charge in [0.25, 0.3) is 0 Å². The van der Waals surface area contributed by atoms with Gasteiger partial charge >= 0.3 is 0 Å². The lowest BCUT2D eigenvalue weighted by Gasteiger charge is -2.34. The van der Waals surface area contributed by atoms with Gasteiger partial charge in [-0.2, -0.15) is 0 Å². The van der Waals surface area contributed by atoms with Crippen LogP contribution in [0.1, 0.15) is 62.2 Å². The number of hydrogen-bond donors (Lipinski definition) is 1. The van der Waals surface area contributed by atoms with E-state index in [2.05, 4.69) is 18.2 Å². The predicted molar refractivity (Wildman–Crippen MR) is 71.6 cm³/mol. The van der Waals surface area contributed by atoms with Gasteiger partial charge in [-0.3, -0.25) is 0 Å². The van der Waals surface area contributed by atoms with Crippen LogP contribution in [0.3, 0.4) is 0 Å². The van der Waals surface area contributed by atoms with Gasteiger partial charge in [-0.05, 0) is 49.7 Å². The van der Waals surface area contributed by atoms with E-state index in [1.165, 1.54) is 24.8 Å². The summed E-state index contributed by atoms with van der Waals surface area (Å²) >= 11 is 0. The maximum absolute atomic E-state index is 10.7. The maximum Gasteiger partial charge on any atom is 0.108 e. The lowest BCUT2D eigenvalue weighted by atomic mass is 9.75. The van der Waals surface area contributed by atoms with Crippen LogP contribution in [-0.4, -0.2) is 17.3 Å². The summed E-state index contributed by atoms with van der Waals surface area (Å²) in [5, 5.41) is 10.7. The highest BCUT2D eigenvalue weighted by Gasteiger charge is 2.39. The number of aliphatic hydroxyl groups excluding tert-OH is 1. The van der Waals surface area contributed by atoms with Crippen molar-refractivity contribution in [2.75, 3.05) is 6.61 Å². The molecule has 98 valence electrons. The Kier molecular flexibility index (Phi) is 3.16. The van der Waals surface area contributed by atoms with E-state index in [4.69, 9.17) is 4.74 Å². The van der Waals surface area contributed by atoms with Crippen LogP contribution in [0.5, 0.6) is 0 Å². The lowest BCUT2D eigenvalue weighted by molar-refractivity contribution is -0.0801. The van der Waals surface area contributed by atoms with Crippen molar-refractivity contribution >= 4 is 0 Å². The Morgan fingerprint density at radius 3 is 2.67 bits per heavy atom. The quantitative estimate of drug-likeness (QED) is 0.883. The smallest absolute Gasteiger partial charge is 0.108 e. The van der Waals surface area contributed by atoms with Crippen molar-refractivity contribution < 1.29 is 9.84 Å². The largest absolute Gasteiger partial charge is 0.385 e. The van der Waals surface area contributed by atoms with Crippen LogP contribution in [0.4, 0.5) is 0 Å². The summed E-state index contributed by atoms with van der Waals surface area (Å²) in [6.07, 6.45) is 5.37. The molecule has 2 unspecified atom stereocenters. The van der Waals surface area contributed by atoms with Crippen molar-refractivity contribution in [2.24, 2.45) is 0 Å². The molecule has 0 spiro atoms. The normalized spacial score (nSPS) is 30.1. The maximum atomic E-state index is 10.7. The first-order valence-corrected chi connectivity index (χ1v) is 7.11. The average molecular weight is 246 g/mol. The van der Waals surface area contributed by atoms with E-state index in [0.717, 1.165) is 25.0 Å². The summed E-state index contributed by atoms with van der Waals surface area (Å²) in [5.74, 6) is 0.654. The van der Waals surface area contributed by atoms with Crippen molar-refractivity contribution in [3.63, 3.8) is 0 Å². The Hall–Kier alpha value is -0.860. The summed E-state index contributed by atoms with van der Waals surface area (Å²) in [6.45, 7) is 2.82. The van der Waals surface area contributed by atoms with Gasteiger partial charge in [0, 0.05) is 6.61 Å². The van der Waals surface area contributed by atoms with Gasteiger partial charge in [0.05, 0.1) is 5.60 Å². The third kappa shape index (κ3) is 1.98. The molecule has 0 radical (unpaired) electrons. The second-order valence-electron chi connectivity index (χ2n) is 5.92. The van der Waals surface area contributed by atoms with Gasteiger partial charge in [-0.25, -0.2) is 0 Å². The summed E-state index contributed by atoms with van der Waals surface area (Å²) in [6, 6.07) is 8.37. The SMILES string of the molecule is CC1(C(O)c2ccccc2C2CCC2)CCCO1. The van der Waals surface area contributed by atoms with Gasteiger partial charge in [0.2, 0.25) is 0 Å². The van der Waals surface area contributed by atoms with Crippen LogP contribution in [0.2, 0.25) is 0 Å². The van der Waals surface area contributed by atoms with Crippen molar-refractivity contribution in [3.8, 4) is 0 Å². The van der Waals surface area contributed by atoms with Gasteiger partial charge in [-0.15, -0.1) is 0 Å². The fraction of sp³-hybridized carbons (Fsp3) is 0.625. The fourth-order valence-corrected chi connectivity index (χ4v) is 3.20. The first-order valence-electron chi connectivity index (χ1n) is 7.11. The highest BCUT2D eigenvalue weighted by Crippen LogP contribution is 2.44. The van der Waals surface area contributed by atoms with Crippen LogP contribution in [0, 0.1) is 0 Å². The van der Waals surface area contributed by atoms with Crippen molar-refractivity contribution in [1.29, 1.82) is 0 Å². The van der Waals surface area contributed by atoms with E-state index in [9.17, 15) is 5.11 Å². The van der Waals surface area contributed by atoms with Crippen LogP contribution in [0.25, 0.3) is 0 Å². The zero-order valence-electron chi connectivity index (χ0n) is 11.1. The lowest BCUT2D eigenvalue weighted by Crippen LogP contribution is -2.33. The van der Waals surface area contributed by atoms with E-state index in [1.54, 1.807) is 0 Å². The summed E-state index contributed by atoms with van der Waals surface area (Å²) in [5.41, 5.74) is 2.04. The molecule has 18 heavy (non-hydrogen) atoms. The standard InChI is InChI=1S/C16H22O2/c1-16(10-5-11-18-16)15(17)14-9-3-2-8-13(14)12-6-4-7-12/h2-3,8-9,12,15,17H,4-7,10-11H2,1H3. The van der Waals surface area contributed by atoms with E-state index >= 15 is 0 Å². The molecular weight excluding hydrogens is 224 g/mol. The molecular formula is C16H22O2. The van der Waals surface area contributed by atoms with Crippen molar-refractivity contribution in [2.45, 2.75) is 56.7 Å². The van der Waals surface area contributed by atoms with Gasteiger partial charge < -0.3 is 9.84 Å². The highest BCUT2D eigenvalue weighted by atomic mass is 16.5. The number of ether oxygens (including phenoxy) is 1. The molecule has 2 atom stereocenters. The molecule has 2 heteroatoms. The Balaban J connectivity index is 1.90. The molecule has 2 aliphatic rings. The van der Waals surface area contributed by atoms with Crippen LogP contribution >= 0.6 is 0 Å². The molecule has 0 aromatic heterocycles. The van der Waals surface area contributed by atoms with Crippen molar-refractivity contribution in [1.82, 2.24) is 0 Å². The number of benzene rings is 1. The van der Waals surface area contributed by atoms with Gasteiger partial charge in [0.15, 0.2) is 0 Å². The Bertz CT molecular complexity index is 417. The third-order valence-electron chi connectivity index (χ3n) is 4.66. The third-order valence-corrected chi connectivity index (χ3v) is 4.66. The van der Waals surface area contributed by atoms with Gasteiger partial charge in [-0.1, -0.05) is 30.7 Å². The minimum Gasteiger partial charge on any atom is -0.385 e. The van der Waals surface area contributed by atoms with E-state index < -0.39 is 6.10 Å². The van der Waals surface area contributed by atoms with Gasteiger partial charge in [0.1, 0.15) is 6.10 Å². The molecule has 1 aliphatic heterocycles. The molecule has 0 amide bonds. The molecule has 3 rings (SSSR count). The summed E-state index contributed by atoms with van der Waals surface area (Å²) in [4.78, 5) is 0. The highest BCUT2D eigenvalue weighted by molar-refractivity contribution is 5.34. The molecule has 1 aliphatic carbocycles. The molecule has 1 saturated heterocycles. The molecule has 1 heterocycles. The first-order chi connectivity index (χ1) is 8.71. The van der Waals surface area contributed by atoms with E-state index in [0.29, 0.717) is 5.92 Å². The predicted octanol–water partition coefficient (Wildman–Crippen LogP) is 3.56. The molecule has 1 N–H and O–H groups in total. The number of rotatable bonds is 3. The summed E-state index contributed by atoms with van der Waals surface area (Å²) in [7, 11) is 0. The summed E-state index contributed by atoms with van der Waals surface area (Å²) < 4.78 is 5.79. The Labute approximate surface area is 109 Å². The fourth-order valence-electron chi connectivity index (χ4n) is 3.20. The molecule has 2 nitrogen and oxygen atoms in total. The molecule has 2 fully saturated rings. The van der Waals surface area contributed by atoms with E-state index in [1.807, 2.05) is 13.0 Å². The van der Waals surface area contributed by atoms with Crippen molar-refractivity contribution in [3.05, 3.63) is 35.4 Å². The second kappa shape index (κ2) is 4.67. The molecule has 1 saturated carbocycles. The number of hydrogen-bond acceptors (Lipinski definition) is 2. The molecule has 1 aromatic carbocycles. The topological polar surface area (TPSA) is 29.5 Å². The van der Waals surface area contributed by atoms with Crippen LogP contribution < -0.4 is 0 Å². The van der Waals surface area contributed by atoms with Crippen LogP contribution in [0.15, 0.2) is 24.3 Å². The average Bonchev–Trinajstić information content (AvgIpc) is 2.75. The zero-order chi connectivity index (χ0) is 12.6. The molecule has 1 aromatic rings. The monoisotopic (exact) mass is 246 g/mol. The second-order valence-corrected chi connectivity index (χ2v) is 5.92. The first kappa shape index (κ1) is 12.2. The van der Waals surface area contributed by atoms with Crippen LogP contribution in [-0.2, 0) is 4.74 Å². The minimum atomic E-state index is -0.489. The zero-order valence-corrected chi connectivity index (χ0v) is 11.1.